The molecule has 2 aromatic carbocycles. The molecule has 3 atom stereocenters. The number of amidine groups is 1. The Morgan fingerprint density at radius 3 is 2.07 bits per heavy atom. The standard InChI is InChI=1S/C28H42N2.C10H22.CH4/c1-6-7-8-9-10-13-19-29-24(5)30-26(20-22(2)3)21-23(4)27-18-14-16-25-15-11-12-17-28(25)27;1-4-6-7-8-9-10(3)5-2;/h11-12,14-18,23,26H,2,6-10,13,19-21H2,1,3-5H3,(H,29,30);10H,4-9H2,1-3H3;1H4. The second-order valence-electron chi connectivity index (χ2n) is 12.3. The van der Waals surface area contributed by atoms with E-state index in [4.69, 9.17) is 4.99 Å². The molecule has 0 saturated carbocycles. The predicted octanol–water partition coefficient (Wildman–Crippen LogP) is 12.7. The van der Waals surface area contributed by atoms with Crippen LogP contribution in [0.3, 0.4) is 0 Å². The van der Waals surface area contributed by atoms with Gasteiger partial charge in [-0.3, -0.25) is 4.99 Å². The van der Waals surface area contributed by atoms with Gasteiger partial charge in [-0.2, -0.15) is 0 Å². The maximum absolute atomic E-state index is 4.79. The Hall–Kier alpha value is -2.09. The first-order chi connectivity index (χ1) is 19.3. The Kier molecular flexibility index (Phi) is 23.3. The van der Waals surface area contributed by atoms with Crippen molar-refractivity contribution in [3.8, 4) is 0 Å². The van der Waals surface area contributed by atoms with E-state index in [2.05, 4.69) is 103 Å². The molecule has 0 radical (unpaired) electrons. The van der Waals surface area contributed by atoms with Crippen molar-refractivity contribution in [3.63, 3.8) is 0 Å². The van der Waals surface area contributed by atoms with Gasteiger partial charge in [0.2, 0.25) is 0 Å². The second-order valence-corrected chi connectivity index (χ2v) is 12.3. The number of rotatable bonds is 19. The number of hydrogen-bond donors (Lipinski definition) is 1. The van der Waals surface area contributed by atoms with E-state index in [9.17, 15) is 0 Å². The summed E-state index contributed by atoms with van der Waals surface area (Å²) in [6, 6.07) is 15.7. The number of nitrogens with one attached hydrogen (secondary N) is 1. The molecule has 0 heterocycles. The summed E-state index contributed by atoms with van der Waals surface area (Å²) in [5.41, 5.74) is 2.66. The monoisotopic (exact) mass is 565 g/mol. The molecule has 0 aliphatic carbocycles. The molecule has 0 amide bonds. The quantitative estimate of drug-likeness (QED) is 0.0780. The van der Waals surface area contributed by atoms with Crippen LogP contribution in [0.5, 0.6) is 0 Å². The van der Waals surface area contributed by atoms with Gasteiger partial charge in [0.05, 0.1) is 5.84 Å². The summed E-state index contributed by atoms with van der Waals surface area (Å²) in [5.74, 6) is 2.50. The smallest absolute Gasteiger partial charge is 0.0933 e. The minimum absolute atomic E-state index is 0. The molecule has 0 bridgehead atoms. The third kappa shape index (κ3) is 18.1. The fourth-order valence-electron chi connectivity index (χ4n) is 5.45. The van der Waals surface area contributed by atoms with Crippen LogP contribution < -0.4 is 5.32 Å². The first-order valence-corrected chi connectivity index (χ1v) is 16.7. The van der Waals surface area contributed by atoms with Gasteiger partial charge in [-0.15, -0.1) is 6.58 Å². The van der Waals surface area contributed by atoms with Crippen molar-refractivity contribution in [2.75, 3.05) is 6.54 Å². The highest BCUT2D eigenvalue weighted by Crippen LogP contribution is 2.29. The van der Waals surface area contributed by atoms with E-state index in [0.717, 1.165) is 31.1 Å². The maximum atomic E-state index is 4.79. The van der Waals surface area contributed by atoms with Crippen LogP contribution in [0.2, 0.25) is 0 Å². The number of aliphatic imine (C=N–C) groups is 1. The molecule has 1 N–H and O–H groups in total. The van der Waals surface area contributed by atoms with E-state index in [1.165, 1.54) is 99.0 Å². The molecule has 3 unspecified atom stereocenters. The molecule has 0 aliphatic heterocycles. The molecule has 2 nitrogen and oxygen atoms in total. The summed E-state index contributed by atoms with van der Waals surface area (Å²) in [4.78, 5) is 4.79. The third-order valence-electron chi connectivity index (χ3n) is 8.11. The van der Waals surface area contributed by atoms with Gasteiger partial charge in [0, 0.05) is 12.6 Å². The zero-order valence-corrected chi connectivity index (χ0v) is 27.5. The van der Waals surface area contributed by atoms with Crippen molar-refractivity contribution in [2.24, 2.45) is 10.9 Å². The first-order valence-electron chi connectivity index (χ1n) is 16.7. The number of benzene rings is 2. The lowest BCUT2D eigenvalue weighted by atomic mass is 9.88. The number of unbranched alkanes of at least 4 members (excludes halogenated alkanes) is 8. The van der Waals surface area contributed by atoms with Gasteiger partial charge in [-0.25, -0.2) is 0 Å². The molecule has 0 aromatic heterocycles. The summed E-state index contributed by atoms with van der Waals surface area (Å²) >= 11 is 0. The van der Waals surface area contributed by atoms with Gasteiger partial charge in [-0.05, 0) is 61.3 Å². The van der Waals surface area contributed by atoms with Crippen molar-refractivity contribution in [1.29, 1.82) is 0 Å². The van der Waals surface area contributed by atoms with Crippen molar-refractivity contribution < 1.29 is 0 Å². The minimum atomic E-state index is 0. The summed E-state index contributed by atoms with van der Waals surface area (Å²) < 4.78 is 0. The lowest BCUT2D eigenvalue weighted by molar-refractivity contribution is 0.477. The molecule has 2 heteroatoms. The van der Waals surface area contributed by atoms with E-state index in [0.29, 0.717) is 12.0 Å². The predicted molar refractivity (Wildman–Crippen MR) is 190 cm³/mol. The van der Waals surface area contributed by atoms with Gasteiger partial charge in [0.25, 0.3) is 0 Å². The number of hydrogen-bond acceptors (Lipinski definition) is 1. The van der Waals surface area contributed by atoms with Gasteiger partial charge < -0.3 is 5.32 Å². The molecular formula is C39H68N2. The summed E-state index contributed by atoms with van der Waals surface area (Å²) in [6.45, 7) is 20.9. The fourth-order valence-corrected chi connectivity index (χ4v) is 5.45. The average Bonchev–Trinajstić information content (AvgIpc) is 2.94. The SMILES string of the molecule is C.C=C(C)CC(CC(C)c1cccc2ccccc12)NC(C)=NCCCCCCCC.CCCCCCC(C)CC. The Bertz CT molecular complexity index is 938. The van der Waals surface area contributed by atoms with E-state index in [1.54, 1.807) is 0 Å². The van der Waals surface area contributed by atoms with Crippen molar-refractivity contribution in [1.82, 2.24) is 5.32 Å². The lowest BCUT2D eigenvalue weighted by Crippen LogP contribution is -2.34. The molecule has 2 rings (SSSR count). The Balaban J connectivity index is 0.00000124. The first kappa shape index (κ1) is 38.9. The van der Waals surface area contributed by atoms with Gasteiger partial charge in [0.1, 0.15) is 0 Å². The highest BCUT2D eigenvalue weighted by molar-refractivity contribution is 5.86. The zero-order chi connectivity index (χ0) is 29.6. The van der Waals surface area contributed by atoms with Crippen LogP contribution in [-0.2, 0) is 0 Å². The van der Waals surface area contributed by atoms with Crippen molar-refractivity contribution in [2.45, 2.75) is 158 Å². The van der Waals surface area contributed by atoms with Gasteiger partial charge in [-0.1, -0.05) is 161 Å². The second kappa shape index (κ2) is 24.5. The minimum Gasteiger partial charge on any atom is -0.371 e. The van der Waals surface area contributed by atoms with E-state index < -0.39 is 0 Å². The summed E-state index contributed by atoms with van der Waals surface area (Å²) in [5, 5.41) is 6.39. The molecule has 234 valence electrons. The maximum Gasteiger partial charge on any atom is 0.0933 e. The van der Waals surface area contributed by atoms with Crippen LogP contribution in [0.15, 0.2) is 59.6 Å². The molecule has 41 heavy (non-hydrogen) atoms. The Morgan fingerprint density at radius 1 is 0.805 bits per heavy atom. The highest BCUT2D eigenvalue weighted by atomic mass is 15.0. The van der Waals surface area contributed by atoms with Crippen molar-refractivity contribution in [3.05, 3.63) is 60.2 Å². The van der Waals surface area contributed by atoms with Gasteiger partial charge >= 0.3 is 0 Å². The van der Waals surface area contributed by atoms with E-state index in [1.807, 2.05) is 0 Å². The zero-order valence-electron chi connectivity index (χ0n) is 27.5. The van der Waals surface area contributed by atoms with Crippen molar-refractivity contribution >= 4 is 16.6 Å². The molecule has 0 fully saturated rings. The van der Waals surface area contributed by atoms with E-state index >= 15 is 0 Å². The van der Waals surface area contributed by atoms with Crippen LogP contribution in [0.25, 0.3) is 10.8 Å². The molecular weight excluding hydrogens is 496 g/mol. The number of nitrogens with zero attached hydrogens (tertiary/aromatic N) is 1. The fraction of sp³-hybridized carbons (Fsp3) is 0.667. The Morgan fingerprint density at radius 2 is 1.41 bits per heavy atom. The number of fused-ring (bicyclic) bond motifs is 1. The third-order valence-corrected chi connectivity index (χ3v) is 8.11. The highest BCUT2D eigenvalue weighted by Gasteiger charge is 2.17. The molecule has 2 aromatic rings. The molecule has 0 saturated heterocycles. The van der Waals surface area contributed by atoms with Crippen LogP contribution in [0, 0.1) is 5.92 Å². The van der Waals surface area contributed by atoms with Crippen LogP contribution >= 0.6 is 0 Å². The Labute approximate surface area is 256 Å². The van der Waals surface area contributed by atoms with Crippen LogP contribution in [0.4, 0.5) is 0 Å². The average molecular weight is 565 g/mol. The lowest BCUT2D eigenvalue weighted by Gasteiger charge is -2.24. The topological polar surface area (TPSA) is 24.4 Å². The largest absolute Gasteiger partial charge is 0.371 e. The van der Waals surface area contributed by atoms with Crippen LogP contribution in [-0.4, -0.2) is 18.4 Å². The molecule has 0 spiro atoms. The molecule has 0 aliphatic rings. The summed E-state index contributed by atoms with van der Waals surface area (Å²) in [7, 11) is 0. The van der Waals surface area contributed by atoms with Gasteiger partial charge in [0.15, 0.2) is 0 Å². The summed E-state index contributed by atoms with van der Waals surface area (Å²) in [6.07, 6.45) is 18.4. The van der Waals surface area contributed by atoms with E-state index in [-0.39, 0.29) is 7.43 Å². The van der Waals surface area contributed by atoms with Crippen LogP contribution in [0.1, 0.15) is 157 Å². The normalized spacial score (nSPS) is 13.5.